The van der Waals surface area contributed by atoms with Gasteiger partial charge in [0.1, 0.15) is 17.5 Å². The van der Waals surface area contributed by atoms with Crippen molar-refractivity contribution in [3.05, 3.63) is 71.3 Å². The van der Waals surface area contributed by atoms with Crippen LogP contribution in [0, 0.1) is 0 Å². The molecule has 2 aliphatic heterocycles. The summed E-state index contributed by atoms with van der Waals surface area (Å²) in [6.07, 6.45) is 4.60. The summed E-state index contributed by atoms with van der Waals surface area (Å²) >= 11 is 1.63. The molecule has 3 atom stereocenters. The molecule has 34 heavy (non-hydrogen) atoms. The summed E-state index contributed by atoms with van der Waals surface area (Å²) < 4.78 is -0.489. The smallest absolute Gasteiger partial charge is 0.256 e. The minimum absolute atomic E-state index is 0.117. The van der Waals surface area contributed by atoms with Crippen LogP contribution in [0.25, 0.3) is 0 Å². The van der Waals surface area contributed by atoms with Crippen molar-refractivity contribution in [3.8, 4) is 0 Å². The number of carbonyl (C=O) groups excluding carboxylic acids is 3. The van der Waals surface area contributed by atoms with Crippen LogP contribution in [0.15, 0.2) is 54.6 Å². The monoisotopic (exact) mass is 477 g/mol. The molecule has 2 N–H and O–H groups in total. The van der Waals surface area contributed by atoms with Crippen LogP contribution in [0.5, 0.6) is 0 Å². The fourth-order valence-electron chi connectivity index (χ4n) is 5.49. The van der Waals surface area contributed by atoms with Gasteiger partial charge in [0.05, 0.1) is 0 Å². The number of hydrogen-bond donors (Lipinski definition) is 2. The highest BCUT2D eigenvalue weighted by Crippen LogP contribution is 2.56. The van der Waals surface area contributed by atoms with E-state index in [-0.39, 0.29) is 29.1 Å². The van der Waals surface area contributed by atoms with Gasteiger partial charge in [-0.3, -0.25) is 14.4 Å². The van der Waals surface area contributed by atoms with Gasteiger partial charge in [0.15, 0.2) is 0 Å². The van der Waals surface area contributed by atoms with Crippen molar-refractivity contribution in [2.45, 2.75) is 74.2 Å². The van der Waals surface area contributed by atoms with E-state index in [1.165, 1.54) is 0 Å². The van der Waals surface area contributed by atoms with Crippen molar-refractivity contribution in [2.24, 2.45) is 0 Å². The quantitative estimate of drug-likeness (QED) is 0.663. The maximum Gasteiger partial charge on any atom is 0.256 e. The number of thioether (sulfide) groups is 1. The first kappa shape index (κ1) is 23.0. The molecule has 1 saturated carbocycles. The van der Waals surface area contributed by atoms with Crippen molar-refractivity contribution < 1.29 is 14.4 Å². The number of fused-ring (bicyclic) bond motifs is 3. The summed E-state index contributed by atoms with van der Waals surface area (Å²) in [5.74, 6) is -0.544. The summed E-state index contributed by atoms with van der Waals surface area (Å²) in [7, 11) is 0. The summed E-state index contributed by atoms with van der Waals surface area (Å²) in [6, 6.07) is 16.1. The van der Waals surface area contributed by atoms with Crippen molar-refractivity contribution in [3.63, 3.8) is 0 Å². The van der Waals surface area contributed by atoms with Crippen LogP contribution in [0.4, 0.5) is 0 Å². The summed E-state index contributed by atoms with van der Waals surface area (Å²) in [6.45, 7) is 4.00. The second-order valence-corrected chi connectivity index (χ2v) is 11.8. The van der Waals surface area contributed by atoms with E-state index in [1.54, 1.807) is 16.7 Å². The highest BCUT2D eigenvalue weighted by Gasteiger charge is 2.57. The Morgan fingerprint density at radius 2 is 1.74 bits per heavy atom. The summed E-state index contributed by atoms with van der Waals surface area (Å²) in [5.41, 5.74) is 2.60. The zero-order valence-corrected chi connectivity index (χ0v) is 20.4. The Morgan fingerprint density at radius 3 is 2.47 bits per heavy atom. The van der Waals surface area contributed by atoms with Crippen LogP contribution in [-0.4, -0.2) is 45.5 Å². The third-order valence-corrected chi connectivity index (χ3v) is 8.70. The van der Waals surface area contributed by atoms with Crippen molar-refractivity contribution >= 4 is 29.5 Å². The first-order chi connectivity index (χ1) is 16.3. The molecule has 7 heteroatoms. The Balaban J connectivity index is 1.38. The minimum Gasteiger partial charge on any atom is -0.352 e. The molecule has 0 unspecified atom stereocenters. The molecule has 0 bridgehead atoms. The molecule has 3 aliphatic rings. The molecule has 0 radical (unpaired) electrons. The molecule has 2 aromatic rings. The zero-order chi connectivity index (χ0) is 23.9. The van der Waals surface area contributed by atoms with E-state index < -0.39 is 16.8 Å². The van der Waals surface area contributed by atoms with Crippen molar-refractivity contribution in [2.75, 3.05) is 0 Å². The van der Waals surface area contributed by atoms with Gasteiger partial charge in [0.2, 0.25) is 11.8 Å². The lowest BCUT2D eigenvalue weighted by Gasteiger charge is -2.31. The number of rotatable bonds is 6. The molecular formula is C27H31N3O3S. The Hall–Kier alpha value is -2.80. The SMILES string of the molecule is CC1(C)S[C@@H]2c3ccccc3C(=O)N2[C@@H]1C(=O)N[C@@H](Cc1ccccc1)C(=O)NC1CCCC1. The van der Waals surface area contributed by atoms with Crippen LogP contribution in [0.2, 0.25) is 0 Å². The fourth-order valence-corrected chi connectivity index (χ4v) is 7.07. The minimum atomic E-state index is -0.699. The van der Waals surface area contributed by atoms with Gasteiger partial charge in [-0.25, -0.2) is 0 Å². The summed E-state index contributed by atoms with van der Waals surface area (Å²) in [5, 5.41) is 6.00. The standard InChI is InChI=1S/C27H31N3O3S/c1-27(2)22(30-25(33)19-14-8-9-15-20(19)26(30)34-27)24(32)29-21(16-17-10-4-3-5-11-17)23(31)28-18-12-6-7-13-18/h3-5,8-11,14-15,18,21-22,26H,6-7,12-13,16H2,1-2H3,(H,28,31)(H,29,32)/t21-,22+,26+/m0/s1. The Kier molecular flexibility index (Phi) is 6.15. The molecule has 178 valence electrons. The fraction of sp³-hybridized carbons (Fsp3) is 0.444. The zero-order valence-electron chi connectivity index (χ0n) is 19.6. The Morgan fingerprint density at radius 1 is 1.06 bits per heavy atom. The predicted octanol–water partition coefficient (Wildman–Crippen LogP) is 3.82. The van der Waals surface area contributed by atoms with Gasteiger partial charge in [-0.05, 0) is 43.9 Å². The third kappa shape index (κ3) is 4.22. The van der Waals surface area contributed by atoms with Gasteiger partial charge >= 0.3 is 0 Å². The molecule has 1 aliphatic carbocycles. The van der Waals surface area contributed by atoms with E-state index >= 15 is 0 Å². The molecule has 5 rings (SSSR count). The van der Waals surface area contributed by atoms with Crippen molar-refractivity contribution in [1.82, 2.24) is 15.5 Å². The van der Waals surface area contributed by atoms with Gasteiger partial charge in [0, 0.05) is 22.8 Å². The van der Waals surface area contributed by atoms with Crippen LogP contribution in [-0.2, 0) is 16.0 Å². The van der Waals surface area contributed by atoms with E-state index in [4.69, 9.17) is 0 Å². The van der Waals surface area contributed by atoms with Crippen molar-refractivity contribution in [1.29, 1.82) is 0 Å². The predicted molar refractivity (Wildman–Crippen MR) is 133 cm³/mol. The normalized spacial score (nSPS) is 23.9. The number of carbonyl (C=O) groups is 3. The average Bonchev–Trinajstić information content (AvgIpc) is 3.49. The second-order valence-electron chi connectivity index (χ2n) is 10.0. The molecule has 0 aromatic heterocycles. The number of nitrogens with zero attached hydrogens (tertiary/aromatic N) is 1. The van der Waals surface area contributed by atoms with Crippen LogP contribution < -0.4 is 10.6 Å². The maximum atomic E-state index is 13.7. The van der Waals surface area contributed by atoms with Gasteiger partial charge in [-0.15, -0.1) is 11.8 Å². The molecular weight excluding hydrogens is 446 g/mol. The first-order valence-electron chi connectivity index (χ1n) is 12.1. The highest BCUT2D eigenvalue weighted by molar-refractivity contribution is 8.01. The molecule has 1 saturated heterocycles. The molecule has 3 amide bonds. The third-order valence-electron chi connectivity index (χ3n) is 7.16. The molecule has 2 heterocycles. The van der Waals surface area contributed by atoms with Crippen LogP contribution >= 0.6 is 11.8 Å². The van der Waals surface area contributed by atoms with E-state index in [9.17, 15) is 14.4 Å². The Labute approximate surface area is 204 Å². The van der Waals surface area contributed by atoms with E-state index in [2.05, 4.69) is 10.6 Å². The summed E-state index contributed by atoms with van der Waals surface area (Å²) in [4.78, 5) is 42.0. The largest absolute Gasteiger partial charge is 0.352 e. The van der Waals surface area contributed by atoms with Crippen LogP contribution in [0.3, 0.4) is 0 Å². The number of benzene rings is 2. The highest BCUT2D eigenvalue weighted by atomic mass is 32.2. The van der Waals surface area contributed by atoms with Crippen LogP contribution in [0.1, 0.15) is 66.4 Å². The Bertz CT molecular complexity index is 1100. The van der Waals surface area contributed by atoms with E-state index in [1.807, 2.05) is 68.4 Å². The second kappa shape index (κ2) is 9.10. The lowest BCUT2D eigenvalue weighted by molar-refractivity contribution is -0.132. The lowest BCUT2D eigenvalue weighted by Crippen LogP contribution is -2.58. The van der Waals surface area contributed by atoms with E-state index in [0.29, 0.717) is 12.0 Å². The number of hydrogen-bond acceptors (Lipinski definition) is 4. The van der Waals surface area contributed by atoms with Gasteiger partial charge in [-0.2, -0.15) is 0 Å². The lowest BCUT2D eigenvalue weighted by atomic mass is 9.99. The van der Waals surface area contributed by atoms with Gasteiger partial charge in [-0.1, -0.05) is 61.4 Å². The number of amides is 3. The van der Waals surface area contributed by atoms with Gasteiger partial charge < -0.3 is 15.5 Å². The topological polar surface area (TPSA) is 78.5 Å². The molecule has 0 spiro atoms. The average molecular weight is 478 g/mol. The number of nitrogens with one attached hydrogen (secondary N) is 2. The first-order valence-corrected chi connectivity index (χ1v) is 13.0. The molecule has 6 nitrogen and oxygen atoms in total. The molecule has 2 fully saturated rings. The maximum absolute atomic E-state index is 13.7. The van der Waals surface area contributed by atoms with E-state index in [0.717, 1.165) is 36.8 Å². The molecule has 2 aromatic carbocycles. The van der Waals surface area contributed by atoms with Gasteiger partial charge in [0.25, 0.3) is 5.91 Å².